The number of nitrogens with one attached hydrogen (secondary N) is 1. The maximum absolute atomic E-state index is 13.0. The van der Waals surface area contributed by atoms with Crippen LogP contribution in [0.4, 0.5) is 0 Å². The molecule has 0 aromatic heterocycles. The second kappa shape index (κ2) is 7.16. The van der Waals surface area contributed by atoms with E-state index in [2.05, 4.69) is 5.32 Å². The van der Waals surface area contributed by atoms with E-state index >= 15 is 0 Å². The molecule has 1 aromatic carbocycles. The van der Waals surface area contributed by atoms with Gasteiger partial charge >= 0.3 is 0 Å². The minimum Gasteiger partial charge on any atom is -0.374 e. The molecule has 1 N–H and O–H groups in total. The van der Waals surface area contributed by atoms with Crippen molar-refractivity contribution in [2.45, 2.75) is 56.8 Å². The first-order chi connectivity index (χ1) is 12.2. The van der Waals surface area contributed by atoms with Gasteiger partial charge in [0.05, 0.1) is 18.1 Å². The van der Waals surface area contributed by atoms with E-state index in [0.717, 1.165) is 45.1 Å². The first kappa shape index (κ1) is 16.6. The zero-order valence-electron chi connectivity index (χ0n) is 14.5. The lowest BCUT2D eigenvalue weighted by Gasteiger charge is -2.38. The molecule has 5 heteroatoms. The third kappa shape index (κ3) is 3.43. The standard InChI is InChI=1S/C20H26N2O3/c23-19(14-6-2-1-3-7-14)21-13-15-8-4-5-11-22(15)20(24)17-12-16-9-10-18(17)25-16/h1-3,6-7,15-18H,4-5,8-13H2,(H,21,23). The zero-order valence-corrected chi connectivity index (χ0v) is 14.5. The maximum Gasteiger partial charge on any atom is 0.251 e. The summed E-state index contributed by atoms with van der Waals surface area (Å²) in [7, 11) is 0. The van der Waals surface area contributed by atoms with Gasteiger partial charge in [-0.15, -0.1) is 0 Å². The summed E-state index contributed by atoms with van der Waals surface area (Å²) in [5.74, 6) is 0.205. The normalized spacial score (nSPS) is 31.1. The Morgan fingerprint density at radius 2 is 1.96 bits per heavy atom. The van der Waals surface area contributed by atoms with Crippen molar-refractivity contribution < 1.29 is 14.3 Å². The van der Waals surface area contributed by atoms with E-state index in [0.29, 0.717) is 18.2 Å². The average molecular weight is 342 g/mol. The molecule has 0 saturated carbocycles. The van der Waals surface area contributed by atoms with Crippen LogP contribution in [0.1, 0.15) is 48.9 Å². The van der Waals surface area contributed by atoms with Gasteiger partial charge in [0.25, 0.3) is 5.91 Å². The fourth-order valence-corrected chi connectivity index (χ4v) is 4.52. The van der Waals surface area contributed by atoms with Crippen molar-refractivity contribution in [2.75, 3.05) is 13.1 Å². The van der Waals surface area contributed by atoms with E-state index in [1.807, 2.05) is 35.2 Å². The van der Waals surface area contributed by atoms with Gasteiger partial charge in [0, 0.05) is 24.7 Å². The Morgan fingerprint density at radius 1 is 1.12 bits per heavy atom. The highest BCUT2D eigenvalue weighted by Crippen LogP contribution is 2.40. The molecule has 0 spiro atoms. The molecule has 25 heavy (non-hydrogen) atoms. The largest absolute Gasteiger partial charge is 0.374 e. The van der Waals surface area contributed by atoms with Gasteiger partial charge in [-0.05, 0) is 50.7 Å². The fourth-order valence-electron chi connectivity index (χ4n) is 4.52. The van der Waals surface area contributed by atoms with Crippen LogP contribution in [0.5, 0.6) is 0 Å². The molecule has 3 fully saturated rings. The van der Waals surface area contributed by atoms with Crippen LogP contribution < -0.4 is 5.32 Å². The van der Waals surface area contributed by atoms with Gasteiger partial charge in [0.2, 0.25) is 5.91 Å². The van der Waals surface area contributed by atoms with E-state index in [1.165, 1.54) is 0 Å². The summed E-state index contributed by atoms with van der Waals surface area (Å²) in [6.45, 7) is 1.33. The minimum absolute atomic E-state index is 0.0316. The molecule has 4 atom stereocenters. The Bertz CT molecular complexity index is 633. The Hall–Kier alpha value is -1.88. The predicted molar refractivity (Wildman–Crippen MR) is 94.1 cm³/mol. The number of likely N-dealkylation sites (tertiary alicyclic amines) is 1. The molecule has 3 aliphatic heterocycles. The van der Waals surface area contributed by atoms with Crippen LogP contribution in [0.2, 0.25) is 0 Å². The summed E-state index contributed by atoms with van der Waals surface area (Å²) < 4.78 is 5.87. The molecule has 2 bridgehead atoms. The summed E-state index contributed by atoms with van der Waals surface area (Å²) in [5, 5.41) is 3.01. The van der Waals surface area contributed by atoms with Crippen LogP contribution in [-0.2, 0) is 9.53 Å². The summed E-state index contributed by atoms with van der Waals surface area (Å²) in [6, 6.07) is 9.35. The van der Waals surface area contributed by atoms with E-state index in [4.69, 9.17) is 4.74 Å². The number of amides is 2. The lowest BCUT2D eigenvalue weighted by atomic mass is 9.87. The molecule has 4 rings (SSSR count). The third-order valence-corrected chi connectivity index (χ3v) is 5.87. The van der Waals surface area contributed by atoms with E-state index in [-0.39, 0.29) is 29.9 Å². The van der Waals surface area contributed by atoms with Crippen LogP contribution in [0.3, 0.4) is 0 Å². The molecule has 3 saturated heterocycles. The zero-order chi connectivity index (χ0) is 17.2. The van der Waals surface area contributed by atoms with Gasteiger partial charge in [-0.25, -0.2) is 0 Å². The minimum atomic E-state index is -0.0678. The van der Waals surface area contributed by atoms with Crippen LogP contribution >= 0.6 is 0 Å². The highest BCUT2D eigenvalue weighted by molar-refractivity contribution is 5.94. The molecule has 2 amide bonds. The van der Waals surface area contributed by atoms with Crippen molar-refractivity contribution in [3.63, 3.8) is 0 Å². The van der Waals surface area contributed by atoms with Crippen molar-refractivity contribution in [1.82, 2.24) is 10.2 Å². The number of benzene rings is 1. The van der Waals surface area contributed by atoms with Gasteiger partial charge in [0.15, 0.2) is 0 Å². The number of carbonyl (C=O) groups is 2. The quantitative estimate of drug-likeness (QED) is 0.914. The van der Waals surface area contributed by atoms with Crippen LogP contribution in [0.15, 0.2) is 30.3 Å². The first-order valence-electron chi connectivity index (χ1n) is 9.51. The van der Waals surface area contributed by atoms with Gasteiger partial charge in [-0.3, -0.25) is 9.59 Å². The van der Waals surface area contributed by atoms with Crippen molar-refractivity contribution in [2.24, 2.45) is 5.92 Å². The summed E-state index contributed by atoms with van der Waals surface area (Å²) >= 11 is 0. The second-order valence-corrected chi connectivity index (χ2v) is 7.47. The number of fused-ring (bicyclic) bond motifs is 2. The number of nitrogens with zero attached hydrogens (tertiary/aromatic N) is 1. The van der Waals surface area contributed by atoms with Gasteiger partial charge in [0.1, 0.15) is 0 Å². The lowest BCUT2D eigenvalue weighted by molar-refractivity contribution is -0.140. The number of piperidine rings is 1. The van der Waals surface area contributed by atoms with Crippen molar-refractivity contribution >= 4 is 11.8 Å². The van der Waals surface area contributed by atoms with E-state index < -0.39 is 0 Å². The van der Waals surface area contributed by atoms with Crippen molar-refractivity contribution in [3.8, 4) is 0 Å². The van der Waals surface area contributed by atoms with Gasteiger partial charge in [-0.2, -0.15) is 0 Å². The smallest absolute Gasteiger partial charge is 0.251 e. The molecule has 134 valence electrons. The van der Waals surface area contributed by atoms with E-state index in [9.17, 15) is 9.59 Å². The third-order valence-electron chi connectivity index (χ3n) is 5.87. The highest BCUT2D eigenvalue weighted by Gasteiger charge is 2.46. The fraction of sp³-hybridized carbons (Fsp3) is 0.600. The molecule has 0 radical (unpaired) electrons. The molecular weight excluding hydrogens is 316 g/mol. The number of ether oxygens (including phenoxy) is 1. The van der Waals surface area contributed by atoms with Crippen molar-refractivity contribution in [1.29, 1.82) is 0 Å². The number of carbonyl (C=O) groups excluding carboxylic acids is 2. The maximum atomic E-state index is 13.0. The molecule has 5 nitrogen and oxygen atoms in total. The summed E-state index contributed by atoms with van der Waals surface area (Å²) in [6.07, 6.45) is 6.54. The highest BCUT2D eigenvalue weighted by atomic mass is 16.5. The van der Waals surface area contributed by atoms with E-state index in [1.54, 1.807) is 0 Å². The molecule has 0 aliphatic carbocycles. The molecule has 1 aromatic rings. The van der Waals surface area contributed by atoms with Crippen LogP contribution in [0, 0.1) is 5.92 Å². The average Bonchev–Trinajstić information content (AvgIpc) is 3.30. The molecule has 3 heterocycles. The SMILES string of the molecule is O=C(NCC1CCCCN1C(=O)C1CC2CCC1O2)c1ccccc1. The van der Waals surface area contributed by atoms with Crippen LogP contribution in [0.25, 0.3) is 0 Å². The van der Waals surface area contributed by atoms with Gasteiger partial charge in [-0.1, -0.05) is 18.2 Å². The Balaban J connectivity index is 1.37. The molecule has 4 unspecified atom stereocenters. The second-order valence-electron chi connectivity index (χ2n) is 7.47. The first-order valence-corrected chi connectivity index (χ1v) is 9.51. The summed E-state index contributed by atoms with van der Waals surface area (Å²) in [4.78, 5) is 27.4. The topological polar surface area (TPSA) is 58.6 Å². The summed E-state index contributed by atoms with van der Waals surface area (Å²) in [5.41, 5.74) is 0.665. The number of hydrogen-bond donors (Lipinski definition) is 1. The Morgan fingerprint density at radius 3 is 2.68 bits per heavy atom. The number of hydrogen-bond acceptors (Lipinski definition) is 3. The molecule has 3 aliphatic rings. The molecular formula is C20H26N2O3. The number of rotatable bonds is 4. The van der Waals surface area contributed by atoms with Crippen molar-refractivity contribution in [3.05, 3.63) is 35.9 Å². The van der Waals surface area contributed by atoms with Crippen LogP contribution in [-0.4, -0.2) is 48.1 Å². The van der Waals surface area contributed by atoms with Gasteiger partial charge < -0.3 is 15.0 Å². The Kier molecular flexibility index (Phi) is 4.75. The lowest BCUT2D eigenvalue weighted by Crippen LogP contribution is -2.52. The Labute approximate surface area is 148 Å². The predicted octanol–water partition coefficient (Wildman–Crippen LogP) is 2.37. The monoisotopic (exact) mass is 342 g/mol.